The monoisotopic (exact) mass is 570 g/mol. The molecule has 1 aliphatic rings. The number of hydrogen-bond acceptors (Lipinski definition) is 1. The van der Waals surface area contributed by atoms with E-state index in [4.69, 9.17) is 0 Å². The van der Waals surface area contributed by atoms with E-state index in [2.05, 4.69) is 115 Å². The molecule has 2 atom stereocenters. The Morgan fingerprint density at radius 2 is 0.829 bits per heavy atom. The van der Waals surface area contributed by atoms with Crippen LogP contribution in [0.15, 0.2) is 18.2 Å². The van der Waals surface area contributed by atoms with E-state index in [1.165, 1.54) is 77.9 Å². The van der Waals surface area contributed by atoms with Gasteiger partial charge < -0.3 is 5.11 Å². The van der Waals surface area contributed by atoms with Gasteiger partial charge in [0.15, 0.2) is 0 Å². The third-order valence-electron chi connectivity index (χ3n) is 11.1. The van der Waals surface area contributed by atoms with Gasteiger partial charge >= 0.3 is 0 Å². The summed E-state index contributed by atoms with van der Waals surface area (Å²) < 4.78 is 0. The highest BCUT2D eigenvalue weighted by atomic mass is 31.1. The Kier molecular flexibility index (Phi) is 9.34. The molecule has 41 heavy (non-hydrogen) atoms. The highest BCUT2D eigenvalue weighted by molar-refractivity contribution is 7.67. The molecular formula is C39H55OP. The van der Waals surface area contributed by atoms with Crippen molar-refractivity contribution in [2.75, 3.05) is 0 Å². The highest BCUT2D eigenvalue weighted by Gasteiger charge is 2.43. The molecule has 222 valence electrons. The van der Waals surface area contributed by atoms with Crippen molar-refractivity contribution >= 4 is 13.2 Å². The summed E-state index contributed by atoms with van der Waals surface area (Å²) in [5.41, 5.74) is 20.9. The van der Waals surface area contributed by atoms with Gasteiger partial charge in [0.2, 0.25) is 0 Å². The predicted molar refractivity (Wildman–Crippen MR) is 184 cm³/mol. The van der Waals surface area contributed by atoms with Gasteiger partial charge in [-0.2, -0.15) is 0 Å². The fourth-order valence-corrected chi connectivity index (χ4v) is 12.0. The zero-order valence-corrected chi connectivity index (χ0v) is 29.3. The van der Waals surface area contributed by atoms with Gasteiger partial charge in [0.25, 0.3) is 0 Å². The molecule has 0 amide bonds. The van der Waals surface area contributed by atoms with Crippen LogP contribution in [0.2, 0.25) is 0 Å². The molecule has 0 bridgehead atoms. The van der Waals surface area contributed by atoms with Crippen LogP contribution in [-0.2, 0) is 0 Å². The maximum Gasteiger partial charge on any atom is 0.0552 e. The third-order valence-corrected chi connectivity index (χ3v) is 15.2. The maximum atomic E-state index is 11.2. The van der Waals surface area contributed by atoms with Gasteiger partial charge in [-0.15, -0.1) is 0 Å². The van der Waals surface area contributed by atoms with E-state index in [-0.39, 0.29) is 6.10 Å². The smallest absolute Gasteiger partial charge is 0.0552 e. The molecule has 0 aromatic heterocycles. The Bertz CT molecular complexity index is 1310. The minimum Gasteiger partial charge on any atom is -0.393 e. The molecule has 1 fully saturated rings. The second-order valence-electron chi connectivity index (χ2n) is 13.9. The number of aliphatic hydroxyl groups is 1. The summed E-state index contributed by atoms with van der Waals surface area (Å²) in [6.07, 6.45) is 1.62. The molecular weight excluding hydrogens is 515 g/mol. The maximum absolute atomic E-state index is 11.2. The summed E-state index contributed by atoms with van der Waals surface area (Å²) in [4.78, 5) is 0. The first kappa shape index (κ1) is 32.0. The Balaban J connectivity index is 2.24. The Morgan fingerprint density at radius 3 is 1.12 bits per heavy atom. The number of aliphatic hydroxyl groups excluding tert-OH is 1. The number of hydrogen-bond donors (Lipinski definition) is 1. The van der Waals surface area contributed by atoms with Crippen LogP contribution >= 0.6 is 7.92 Å². The first-order valence-electron chi connectivity index (χ1n) is 15.9. The molecule has 3 aromatic rings. The van der Waals surface area contributed by atoms with Crippen LogP contribution in [0.25, 0.3) is 22.3 Å². The van der Waals surface area contributed by atoms with Crippen molar-refractivity contribution in [3.05, 3.63) is 73.8 Å². The molecule has 1 aliphatic heterocycles. The summed E-state index contributed by atoms with van der Waals surface area (Å²) >= 11 is 0. The van der Waals surface area contributed by atoms with Gasteiger partial charge in [0.05, 0.1) is 6.10 Å². The lowest BCUT2D eigenvalue weighted by Crippen LogP contribution is -2.40. The Labute approximate surface area is 252 Å². The number of benzene rings is 3. The molecule has 3 aromatic carbocycles. The lowest BCUT2D eigenvalue weighted by Gasteiger charge is -2.46. The second-order valence-corrected chi connectivity index (χ2v) is 16.4. The summed E-state index contributed by atoms with van der Waals surface area (Å²) in [5.74, 6) is 1.04. The van der Waals surface area contributed by atoms with E-state index >= 15 is 0 Å². The largest absolute Gasteiger partial charge is 0.393 e. The van der Waals surface area contributed by atoms with Crippen LogP contribution in [0.3, 0.4) is 0 Å². The first-order valence-corrected chi connectivity index (χ1v) is 17.3. The molecule has 1 nitrogen and oxygen atoms in total. The van der Waals surface area contributed by atoms with Crippen LogP contribution in [0.5, 0.6) is 0 Å². The minimum atomic E-state index is -0.551. The average molecular weight is 571 g/mol. The SMILES string of the molecule is Cc1c(C)c(C)c(-c2cccc(-c3c(C)c(C)c(C)c(C)c3C)c2P2C(C(C)C)CC(O)CC2C(C)C)c(C)c1C. The summed E-state index contributed by atoms with van der Waals surface area (Å²) in [6.45, 7) is 32.7. The van der Waals surface area contributed by atoms with Gasteiger partial charge in [0.1, 0.15) is 0 Å². The van der Waals surface area contributed by atoms with Gasteiger partial charge in [-0.1, -0.05) is 53.8 Å². The van der Waals surface area contributed by atoms with E-state index in [1.807, 2.05) is 0 Å². The van der Waals surface area contributed by atoms with Crippen molar-refractivity contribution in [2.24, 2.45) is 11.8 Å². The molecule has 0 spiro atoms. The lowest BCUT2D eigenvalue weighted by atomic mass is 9.83. The van der Waals surface area contributed by atoms with Crippen molar-refractivity contribution < 1.29 is 5.11 Å². The quantitative estimate of drug-likeness (QED) is 0.303. The zero-order valence-electron chi connectivity index (χ0n) is 28.4. The Hall–Kier alpha value is -1.95. The van der Waals surface area contributed by atoms with Crippen molar-refractivity contribution in [3.8, 4) is 22.3 Å². The van der Waals surface area contributed by atoms with Gasteiger partial charge in [-0.05, 0) is 188 Å². The third kappa shape index (κ3) is 5.36. The molecule has 0 radical (unpaired) electrons. The van der Waals surface area contributed by atoms with Crippen LogP contribution in [-0.4, -0.2) is 22.5 Å². The fourth-order valence-electron chi connectivity index (χ4n) is 7.68. The molecule has 0 saturated carbocycles. The van der Waals surface area contributed by atoms with E-state index in [0.717, 1.165) is 12.8 Å². The van der Waals surface area contributed by atoms with Gasteiger partial charge in [-0.3, -0.25) is 0 Å². The molecule has 1 saturated heterocycles. The van der Waals surface area contributed by atoms with Crippen LogP contribution < -0.4 is 5.30 Å². The molecule has 0 aliphatic carbocycles. The summed E-state index contributed by atoms with van der Waals surface area (Å²) in [6, 6.07) is 7.19. The van der Waals surface area contributed by atoms with Crippen LogP contribution in [0.1, 0.15) is 96.2 Å². The summed E-state index contributed by atoms with van der Waals surface area (Å²) in [7, 11) is -0.551. The zero-order chi connectivity index (χ0) is 30.7. The van der Waals surface area contributed by atoms with E-state index < -0.39 is 7.92 Å². The second kappa shape index (κ2) is 12.0. The van der Waals surface area contributed by atoms with Gasteiger partial charge in [0, 0.05) is 0 Å². The highest BCUT2D eigenvalue weighted by Crippen LogP contribution is 2.60. The summed E-state index contributed by atoms with van der Waals surface area (Å²) in [5, 5.41) is 12.8. The van der Waals surface area contributed by atoms with Gasteiger partial charge in [-0.25, -0.2) is 0 Å². The van der Waals surface area contributed by atoms with Crippen molar-refractivity contribution in [3.63, 3.8) is 0 Å². The topological polar surface area (TPSA) is 20.2 Å². The minimum absolute atomic E-state index is 0.205. The predicted octanol–water partition coefficient (Wildman–Crippen LogP) is 10.4. The average Bonchev–Trinajstić information content (AvgIpc) is 2.93. The molecule has 2 unspecified atom stereocenters. The standard InChI is InChI=1S/C39H55OP/c1-20(2)35-18-32(40)19-36(21(3)4)41(35)39-33(37-28(11)24(7)22(5)25(8)29(37)12)16-15-17-34(39)38-30(13)26(9)23(6)27(10)31(38)14/h15-17,20-21,32,35-36,40H,18-19H2,1-14H3. The first-order chi connectivity index (χ1) is 19.1. The number of rotatable bonds is 5. The van der Waals surface area contributed by atoms with Crippen molar-refractivity contribution in [1.29, 1.82) is 0 Å². The lowest BCUT2D eigenvalue weighted by molar-refractivity contribution is 0.135. The fraction of sp³-hybridized carbons (Fsp3) is 0.538. The van der Waals surface area contributed by atoms with Crippen LogP contribution in [0, 0.1) is 81.1 Å². The van der Waals surface area contributed by atoms with E-state index in [1.54, 1.807) is 5.30 Å². The molecule has 4 rings (SSSR count). The van der Waals surface area contributed by atoms with Crippen molar-refractivity contribution in [1.82, 2.24) is 0 Å². The molecule has 2 heteroatoms. The van der Waals surface area contributed by atoms with E-state index in [0.29, 0.717) is 23.2 Å². The normalized spacial score (nSPS) is 21.3. The molecule has 1 N–H and O–H groups in total. The van der Waals surface area contributed by atoms with Crippen LogP contribution in [0.4, 0.5) is 0 Å². The van der Waals surface area contributed by atoms with E-state index in [9.17, 15) is 5.11 Å². The molecule has 1 heterocycles. The van der Waals surface area contributed by atoms with Crippen molar-refractivity contribution in [2.45, 2.75) is 127 Å². The Morgan fingerprint density at radius 1 is 0.537 bits per heavy atom.